The number of hydrogen-bond donors (Lipinski definition) is 2. The fraction of sp³-hybridized carbons (Fsp3) is 0.963. The molecule has 0 aromatic rings. The van der Waals surface area contributed by atoms with E-state index in [2.05, 4.69) is 33.4 Å². The Bertz CT molecular complexity index is 427. The highest BCUT2D eigenvalue weighted by atomic mass is 16.6. The quantitative estimate of drug-likeness (QED) is 0.132. The fourth-order valence-electron chi connectivity index (χ4n) is 3.74. The van der Waals surface area contributed by atoms with E-state index >= 15 is 0 Å². The molecule has 6 nitrogen and oxygen atoms in total. The second kappa shape index (κ2) is 22.9. The number of carbonyl (C=O) groups is 1. The minimum atomic E-state index is -0.768. The third-order valence-electron chi connectivity index (χ3n) is 5.91. The average Bonchev–Trinajstić information content (AvgIpc) is 2.76. The summed E-state index contributed by atoms with van der Waals surface area (Å²) in [6.45, 7) is 4.49. The number of aliphatic hydroxyl groups excluding tert-OH is 1. The molecule has 0 heterocycles. The Morgan fingerprint density at radius 3 is 1.67 bits per heavy atom. The minimum absolute atomic E-state index is 0.0326. The van der Waals surface area contributed by atoms with Crippen molar-refractivity contribution >= 4 is 6.09 Å². The normalized spacial score (nSPS) is 12.6. The number of likely N-dealkylation sites (N-methyl/N-ethyl adjacent to an activating group) is 1. The van der Waals surface area contributed by atoms with Crippen molar-refractivity contribution in [3.8, 4) is 0 Å². The maximum atomic E-state index is 11.6. The lowest BCUT2D eigenvalue weighted by Crippen LogP contribution is -2.42. The lowest BCUT2D eigenvalue weighted by molar-refractivity contribution is -0.869. The Labute approximate surface area is 205 Å². The van der Waals surface area contributed by atoms with Crippen LogP contribution in [-0.2, 0) is 9.47 Å². The number of nitrogens with zero attached hydrogens (tertiary/aromatic N) is 1. The van der Waals surface area contributed by atoms with Gasteiger partial charge in [0.15, 0.2) is 0 Å². The molecule has 2 N–H and O–H groups in total. The molecule has 33 heavy (non-hydrogen) atoms. The van der Waals surface area contributed by atoms with Crippen LogP contribution in [-0.4, -0.2) is 75.8 Å². The third-order valence-corrected chi connectivity index (χ3v) is 5.91. The standard InChI is InChI=1S/C27H56N2O4/c1-5-6-7-8-9-10-11-12-13-14-15-16-17-18-19-20-23-32-24-26(30)25-33-27(31)28-21-22-29(2,3)4/h26,30H,5-25H2,1-4H3/p+1. The molecule has 1 amide bonds. The number of alkyl carbamates (subject to hydrolysis) is 1. The summed E-state index contributed by atoms with van der Waals surface area (Å²) in [5.74, 6) is 0. The first-order valence-corrected chi connectivity index (χ1v) is 13.8. The molecule has 6 heteroatoms. The van der Waals surface area contributed by atoms with Crippen molar-refractivity contribution < 1.29 is 23.9 Å². The Morgan fingerprint density at radius 1 is 0.758 bits per heavy atom. The predicted octanol–water partition coefficient (Wildman–Crippen LogP) is 6.06. The van der Waals surface area contributed by atoms with Gasteiger partial charge in [0.2, 0.25) is 0 Å². The largest absolute Gasteiger partial charge is 0.447 e. The monoisotopic (exact) mass is 473 g/mol. The molecule has 1 unspecified atom stereocenters. The highest BCUT2D eigenvalue weighted by Gasteiger charge is 2.11. The number of nitrogens with one attached hydrogen (secondary N) is 1. The van der Waals surface area contributed by atoms with E-state index in [0.29, 0.717) is 13.2 Å². The van der Waals surface area contributed by atoms with Crippen LogP contribution in [0, 0.1) is 0 Å². The van der Waals surface area contributed by atoms with E-state index in [-0.39, 0.29) is 13.2 Å². The van der Waals surface area contributed by atoms with Gasteiger partial charge in [-0.3, -0.25) is 0 Å². The highest BCUT2D eigenvalue weighted by Crippen LogP contribution is 2.13. The Morgan fingerprint density at radius 2 is 1.21 bits per heavy atom. The van der Waals surface area contributed by atoms with Crippen molar-refractivity contribution in [3.63, 3.8) is 0 Å². The summed E-state index contributed by atoms with van der Waals surface area (Å²) in [4.78, 5) is 11.6. The topological polar surface area (TPSA) is 67.8 Å². The molecule has 0 aliphatic rings. The lowest BCUT2D eigenvalue weighted by Gasteiger charge is -2.23. The van der Waals surface area contributed by atoms with Crippen LogP contribution in [0.5, 0.6) is 0 Å². The summed E-state index contributed by atoms with van der Waals surface area (Å²) in [7, 11) is 6.19. The van der Waals surface area contributed by atoms with Crippen LogP contribution in [0.25, 0.3) is 0 Å². The zero-order valence-corrected chi connectivity index (χ0v) is 22.5. The summed E-state index contributed by atoms with van der Waals surface area (Å²) >= 11 is 0. The molecular weight excluding hydrogens is 416 g/mol. The van der Waals surface area contributed by atoms with Crippen LogP contribution in [0.15, 0.2) is 0 Å². The van der Waals surface area contributed by atoms with Crippen molar-refractivity contribution in [1.82, 2.24) is 5.32 Å². The molecule has 1 atom stereocenters. The van der Waals surface area contributed by atoms with Gasteiger partial charge in [-0.05, 0) is 6.42 Å². The van der Waals surface area contributed by atoms with Gasteiger partial charge in [0.25, 0.3) is 0 Å². The maximum Gasteiger partial charge on any atom is 0.407 e. The number of quaternary nitrogens is 1. The number of rotatable bonds is 24. The number of aliphatic hydroxyl groups is 1. The number of ether oxygens (including phenoxy) is 2. The van der Waals surface area contributed by atoms with Crippen LogP contribution in [0.4, 0.5) is 4.79 Å². The van der Waals surface area contributed by atoms with Gasteiger partial charge in [-0.15, -0.1) is 0 Å². The fourth-order valence-corrected chi connectivity index (χ4v) is 3.74. The number of hydrogen-bond acceptors (Lipinski definition) is 4. The summed E-state index contributed by atoms with van der Waals surface area (Å²) < 4.78 is 11.3. The third kappa shape index (κ3) is 27.3. The van der Waals surface area contributed by atoms with Crippen LogP contribution in [0.2, 0.25) is 0 Å². The van der Waals surface area contributed by atoms with E-state index in [1.165, 1.54) is 96.3 Å². The van der Waals surface area contributed by atoms with Crippen molar-refractivity contribution in [1.29, 1.82) is 0 Å². The van der Waals surface area contributed by atoms with E-state index in [4.69, 9.17) is 9.47 Å². The van der Waals surface area contributed by atoms with Gasteiger partial charge in [-0.2, -0.15) is 0 Å². The second-order valence-electron chi connectivity index (χ2n) is 10.6. The van der Waals surface area contributed by atoms with Gasteiger partial charge >= 0.3 is 6.09 Å². The zero-order chi connectivity index (χ0) is 24.6. The molecule has 0 spiro atoms. The summed E-state index contributed by atoms with van der Waals surface area (Å²) in [5, 5.41) is 12.5. The second-order valence-corrected chi connectivity index (χ2v) is 10.6. The van der Waals surface area contributed by atoms with Crippen LogP contribution in [0.1, 0.15) is 110 Å². The summed E-state index contributed by atoms with van der Waals surface area (Å²) in [6.07, 6.45) is 20.4. The Kier molecular flexibility index (Phi) is 22.3. The van der Waals surface area contributed by atoms with Gasteiger partial charge in [-0.25, -0.2) is 4.79 Å². The summed E-state index contributed by atoms with van der Waals surface area (Å²) in [5.41, 5.74) is 0. The summed E-state index contributed by atoms with van der Waals surface area (Å²) in [6, 6.07) is 0. The van der Waals surface area contributed by atoms with E-state index in [0.717, 1.165) is 17.4 Å². The minimum Gasteiger partial charge on any atom is -0.447 e. The molecule has 0 rings (SSSR count). The Hall–Kier alpha value is -0.850. The molecular formula is C27H57N2O4+. The molecule has 0 bridgehead atoms. The van der Waals surface area contributed by atoms with Crippen molar-refractivity contribution in [2.24, 2.45) is 0 Å². The molecule has 0 radical (unpaired) electrons. The van der Waals surface area contributed by atoms with Crippen LogP contribution in [0.3, 0.4) is 0 Å². The molecule has 0 aromatic heterocycles. The molecule has 0 saturated carbocycles. The van der Waals surface area contributed by atoms with Crippen molar-refractivity contribution in [2.45, 2.75) is 116 Å². The highest BCUT2D eigenvalue weighted by molar-refractivity contribution is 5.67. The van der Waals surface area contributed by atoms with Crippen LogP contribution >= 0.6 is 0 Å². The first-order chi connectivity index (χ1) is 15.8. The Balaban J connectivity index is 3.26. The van der Waals surface area contributed by atoms with E-state index in [1.807, 2.05) is 0 Å². The van der Waals surface area contributed by atoms with Crippen molar-refractivity contribution in [2.75, 3.05) is 54.1 Å². The van der Waals surface area contributed by atoms with Gasteiger partial charge in [0, 0.05) is 6.61 Å². The van der Waals surface area contributed by atoms with E-state index < -0.39 is 12.2 Å². The smallest absolute Gasteiger partial charge is 0.407 e. The SMILES string of the molecule is CCCCCCCCCCCCCCCCCCOCC(O)COC(=O)NCC[N+](C)(C)C. The predicted molar refractivity (Wildman–Crippen MR) is 139 cm³/mol. The molecule has 0 aromatic carbocycles. The first kappa shape index (κ1) is 32.1. The molecule has 198 valence electrons. The molecule has 0 fully saturated rings. The van der Waals surface area contributed by atoms with Crippen molar-refractivity contribution in [3.05, 3.63) is 0 Å². The number of amides is 1. The van der Waals surface area contributed by atoms with Gasteiger partial charge in [0.1, 0.15) is 12.7 Å². The average molecular weight is 474 g/mol. The molecule has 0 saturated heterocycles. The maximum absolute atomic E-state index is 11.6. The van der Waals surface area contributed by atoms with Gasteiger partial charge < -0.3 is 24.4 Å². The molecule has 0 aliphatic heterocycles. The van der Waals surface area contributed by atoms with Gasteiger partial charge in [-0.1, -0.05) is 103 Å². The molecule has 0 aliphatic carbocycles. The van der Waals surface area contributed by atoms with E-state index in [9.17, 15) is 9.90 Å². The number of unbranched alkanes of at least 4 members (excludes halogenated alkanes) is 15. The van der Waals surface area contributed by atoms with E-state index in [1.54, 1.807) is 0 Å². The van der Waals surface area contributed by atoms with Crippen LogP contribution < -0.4 is 5.32 Å². The number of carbonyl (C=O) groups excluding carboxylic acids is 1. The first-order valence-electron chi connectivity index (χ1n) is 13.8. The lowest BCUT2D eigenvalue weighted by atomic mass is 10.0. The zero-order valence-electron chi connectivity index (χ0n) is 22.5. The van der Waals surface area contributed by atoms with Gasteiger partial charge in [0.05, 0.1) is 40.8 Å².